The lowest BCUT2D eigenvalue weighted by Crippen LogP contribution is -2.33. The quantitative estimate of drug-likeness (QED) is 0.918. The zero-order valence-corrected chi connectivity index (χ0v) is 11.5. The summed E-state index contributed by atoms with van der Waals surface area (Å²) in [6.07, 6.45) is 0.421. The molecule has 1 atom stereocenters. The van der Waals surface area contributed by atoms with Crippen molar-refractivity contribution in [2.45, 2.75) is 18.8 Å². The molecule has 0 aromatic heterocycles. The molecule has 0 fully saturated rings. The number of hydrogen-bond donors (Lipinski definition) is 1. The fraction of sp³-hybridized carbons (Fsp3) is 0.176. The number of anilines is 1. The smallest absolute Gasteiger partial charge is 0.235 e. The summed E-state index contributed by atoms with van der Waals surface area (Å²) < 4.78 is 13.5. The Bertz CT molecular complexity index is 779. The summed E-state index contributed by atoms with van der Waals surface area (Å²) in [5.74, 6) is -0.507. The predicted octanol–water partition coefficient (Wildman–Crippen LogP) is 3.15. The van der Waals surface area contributed by atoms with Crippen LogP contribution in [0.1, 0.15) is 23.6 Å². The first kappa shape index (κ1) is 13.3. The number of nitrogens with one attached hydrogen (secondary N) is 1. The second-order valence-electron chi connectivity index (χ2n) is 5.47. The van der Waals surface area contributed by atoms with E-state index < -0.39 is 5.41 Å². The van der Waals surface area contributed by atoms with Crippen molar-refractivity contribution in [2.75, 3.05) is 5.32 Å². The highest BCUT2D eigenvalue weighted by molar-refractivity contribution is 6.06. The first-order valence-corrected chi connectivity index (χ1v) is 6.63. The van der Waals surface area contributed by atoms with Gasteiger partial charge in [-0.2, -0.15) is 5.26 Å². The fourth-order valence-corrected chi connectivity index (χ4v) is 2.80. The average Bonchev–Trinajstić information content (AvgIpc) is 2.71. The zero-order chi connectivity index (χ0) is 15.0. The molecule has 1 heterocycles. The molecule has 2 aromatic carbocycles. The van der Waals surface area contributed by atoms with Crippen molar-refractivity contribution in [1.29, 1.82) is 5.26 Å². The van der Waals surface area contributed by atoms with E-state index in [-0.39, 0.29) is 11.7 Å². The number of nitrogens with zero attached hydrogens (tertiary/aromatic N) is 1. The summed E-state index contributed by atoms with van der Waals surface area (Å²) in [6.45, 7) is 1.80. The first-order chi connectivity index (χ1) is 10.0. The van der Waals surface area contributed by atoms with Crippen LogP contribution in [0.15, 0.2) is 42.5 Å². The molecular formula is C17H13FN2O. The van der Waals surface area contributed by atoms with Crippen LogP contribution >= 0.6 is 0 Å². The maximum absolute atomic E-state index is 13.5. The van der Waals surface area contributed by atoms with E-state index in [0.717, 1.165) is 5.56 Å². The number of hydrogen-bond acceptors (Lipinski definition) is 2. The number of benzene rings is 2. The molecule has 1 amide bonds. The number of fused-ring (bicyclic) bond motifs is 1. The van der Waals surface area contributed by atoms with Crippen molar-refractivity contribution >= 4 is 11.6 Å². The van der Waals surface area contributed by atoms with Gasteiger partial charge in [0, 0.05) is 5.69 Å². The van der Waals surface area contributed by atoms with Crippen molar-refractivity contribution in [2.24, 2.45) is 0 Å². The molecule has 0 saturated heterocycles. The molecule has 0 radical (unpaired) electrons. The van der Waals surface area contributed by atoms with Gasteiger partial charge in [-0.15, -0.1) is 0 Å². The van der Waals surface area contributed by atoms with Crippen molar-refractivity contribution in [3.63, 3.8) is 0 Å². The van der Waals surface area contributed by atoms with Gasteiger partial charge >= 0.3 is 0 Å². The Labute approximate surface area is 122 Å². The first-order valence-electron chi connectivity index (χ1n) is 6.63. The molecule has 0 spiro atoms. The van der Waals surface area contributed by atoms with Crippen LogP contribution < -0.4 is 5.32 Å². The summed E-state index contributed by atoms with van der Waals surface area (Å²) in [7, 11) is 0. The Balaban J connectivity index is 2.03. The predicted molar refractivity (Wildman–Crippen MR) is 77.2 cm³/mol. The van der Waals surface area contributed by atoms with Crippen LogP contribution in [0, 0.1) is 17.1 Å². The molecule has 0 saturated carbocycles. The van der Waals surface area contributed by atoms with Crippen LogP contribution in [-0.2, 0) is 16.6 Å². The van der Waals surface area contributed by atoms with Crippen molar-refractivity contribution in [3.8, 4) is 6.07 Å². The topological polar surface area (TPSA) is 52.9 Å². The Kier molecular flexibility index (Phi) is 2.99. The lowest BCUT2D eigenvalue weighted by atomic mass is 9.78. The summed E-state index contributed by atoms with van der Waals surface area (Å²) in [5, 5.41) is 11.7. The highest BCUT2D eigenvalue weighted by Crippen LogP contribution is 2.40. The Morgan fingerprint density at radius 3 is 2.86 bits per heavy atom. The SMILES string of the molecule is CC1(Cc2cccc(C#N)c2)C(=O)Nc2ccc(F)cc21. The average molecular weight is 280 g/mol. The Morgan fingerprint density at radius 2 is 2.10 bits per heavy atom. The molecule has 104 valence electrons. The van der Waals surface area contributed by atoms with Crippen LogP contribution in [0.4, 0.5) is 10.1 Å². The lowest BCUT2D eigenvalue weighted by molar-refractivity contribution is -0.120. The van der Waals surface area contributed by atoms with E-state index in [1.54, 1.807) is 31.2 Å². The second kappa shape index (κ2) is 4.71. The van der Waals surface area contributed by atoms with Crippen LogP contribution in [0.25, 0.3) is 0 Å². The second-order valence-corrected chi connectivity index (χ2v) is 5.47. The van der Waals surface area contributed by atoms with E-state index in [1.807, 2.05) is 6.07 Å². The molecule has 4 heteroatoms. The molecule has 1 N–H and O–H groups in total. The minimum Gasteiger partial charge on any atom is -0.325 e. The summed E-state index contributed by atoms with van der Waals surface area (Å²) >= 11 is 0. The van der Waals surface area contributed by atoms with Crippen LogP contribution in [-0.4, -0.2) is 5.91 Å². The fourth-order valence-electron chi connectivity index (χ4n) is 2.80. The Morgan fingerprint density at radius 1 is 1.29 bits per heavy atom. The number of rotatable bonds is 2. The summed E-state index contributed by atoms with van der Waals surface area (Å²) in [4.78, 5) is 12.3. The van der Waals surface area contributed by atoms with Gasteiger partial charge in [-0.1, -0.05) is 12.1 Å². The summed E-state index contributed by atoms with van der Waals surface area (Å²) in [5.41, 5.74) is 1.92. The maximum Gasteiger partial charge on any atom is 0.235 e. The number of halogens is 1. The minimum atomic E-state index is -0.828. The highest BCUT2D eigenvalue weighted by Gasteiger charge is 2.42. The van der Waals surface area contributed by atoms with Gasteiger partial charge in [0.05, 0.1) is 17.0 Å². The molecular weight excluding hydrogens is 267 g/mol. The third kappa shape index (κ3) is 2.17. The number of carbonyl (C=O) groups is 1. The molecule has 3 rings (SSSR count). The van der Waals surface area contributed by atoms with Crippen molar-refractivity contribution in [1.82, 2.24) is 0 Å². The molecule has 0 bridgehead atoms. The third-order valence-corrected chi connectivity index (χ3v) is 3.94. The normalized spacial score (nSPS) is 19.8. The van der Waals surface area contributed by atoms with Crippen LogP contribution in [0.5, 0.6) is 0 Å². The van der Waals surface area contributed by atoms with Gasteiger partial charge in [-0.25, -0.2) is 4.39 Å². The van der Waals surface area contributed by atoms with Crippen LogP contribution in [0.2, 0.25) is 0 Å². The molecule has 1 aliphatic rings. The molecule has 1 unspecified atom stereocenters. The molecule has 0 aliphatic carbocycles. The van der Waals surface area contributed by atoms with E-state index in [0.29, 0.717) is 23.2 Å². The number of amides is 1. The molecule has 21 heavy (non-hydrogen) atoms. The van der Waals surface area contributed by atoms with Gasteiger partial charge in [0.15, 0.2) is 0 Å². The molecule has 1 aliphatic heterocycles. The molecule has 2 aromatic rings. The maximum atomic E-state index is 13.5. The minimum absolute atomic E-state index is 0.148. The van der Waals surface area contributed by atoms with E-state index in [4.69, 9.17) is 5.26 Å². The number of nitriles is 1. The standard InChI is InChI=1S/C17H13FN2O/c1-17(9-11-3-2-4-12(7-11)10-19)14-8-13(18)5-6-15(14)20-16(17)21/h2-8H,9H2,1H3,(H,20,21). The third-order valence-electron chi connectivity index (χ3n) is 3.94. The van der Waals surface area contributed by atoms with Gasteiger partial charge in [-0.3, -0.25) is 4.79 Å². The Hall–Kier alpha value is -2.67. The van der Waals surface area contributed by atoms with Gasteiger partial charge in [0.2, 0.25) is 5.91 Å². The van der Waals surface area contributed by atoms with E-state index in [1.165, 1.54) is 12.1 Å². The van der Waals surface area contributed by atoms with Crippen molar-refractivity contribution < 1.29 is 9.18 Å². The van der Waals surface area contributed by atoms with E-state index >= 15 is 0 Å². The lowest BCUT2D eigenvalue weighted by Gasteiger charge is -2.22. The van der Waals surface area contributed by atoms with Gasteiger partial charge in [0.1, 0.15) is 5.82 Å². The number of carbonyl (C=O) groups excluding carboxylic acids is 1. The van der Waals surface area contributed by atoms with Gasteiger partial charge in [0.25, 0.3) is 0 Å². The summed E-state index contributed by atoms with van der Waals surface area (Å²) in [6, 6.07) is 13.5. The van der Waals surface area contributed by atoms with E-state index in [2.05, 4.69) is 11.4 Å². The zero-order valence-electron chi connectivity index (χ0n) is 11.5. The molecule has 3 nitrogen and oxygen atoms in total. The van der Waals surface area contributed by atoms with E-state index in [9.17, 15) is 9.18 Å². The monoisotopic (exact) mass is 280 g/mol. The highest BCUT2D eigenvalue weighted by atomic mass is 19.1. The van der Waals surface area contributed by atoms with Gasteiger partial charge in [-0.05, 0) is 54.8 Å². The van der Waals surface area contributed by atoms with Crippen molar-refractivity contribution in [3.05, 3.63) is 65.0 Å². The van der Waals surface area contributed by atoms with Gasteiger partial charge < -0.3 is 5.32 Å². The largest absolute Gasteiger partial charge is 0.325 e. The van der Waals surface area contributed by atoms with Crippen LogP contribution in [0.3, 0.4) is 0 Å².